The number of nitrogens with zero attached hydrogens (tertiary/aromatic N) is 1. The molecule has 3 rings (SSSR count). The Labute approximate surface area is 169 Å². The molecule has 1 amide bonds. The Morgan fingerprint density at radius 1 is 1.46 bits per heavy atom. The first-order valence-electron chi connectivity index (χ1n) is 8.25. The highest BCUT2D eigenvalue weighted by molar-refractivity contribution is 9.10. The second-order valence-corrected chi connectivity index (χ2v) is 8.64. The van der Waals surface area contributed by atoms with E-state index >= 15 is 0 Å². The van der Waals surface area contributed by atoms with Crippen LogP contribution in [-0.2, 0) is 16.1 Å². The summed E-state index contributed by atoms with van der Waals surface area (Å²) in [5, 5.41) is 0.848. The van der Waals surface area contributed by atoms with Crippen LogP contribution < -0.4 is 15.6 Å². The predicted octanol–water partition coefficient (Wildman–Crippen LogP) is 3.54. The Morgan fingerprint density at radius 2 is 2.19 bits per heavy atom. The number of primary amides is 1. The van der Waals surface area contributed by atoms with Crippen LogP contribution in [0.2, 0.25) is 0 Å². The molecular formula is C19H19BrN2O2S2. The van der Waals surface area contributed by atoms with Gasteiger partial charge in [-0.1, -0.05) is 34.6 Å². The van der Waals surface area contributed by atoms with Gasteiger partial charge in [0.05, 0.1) is 9.88 Å². The van der Waals surface area contributed by atoms with Crippen molar-refractivity contribution in [2.75, 3.05) is 0 Å². The minimum atomic E-state index is -0.298. The molecule has 2 aromatic rings. The molecule has 1 aliphatic heterocycles. The first-order chi connectivity index (χ1) is 12.4. The summed E-state index contributed by atoms with van der Waals surface area (Å²) in [5.74, 6) is 0.538. The van der Waals surface area contributed by atoms with E-state index in [9.17, 15) is 4.79 Å². The smallest absolute Gasteiger partial charge is 0.217 e. The van der Waals surface area contributed by atoms with Gasteiger partial charge in [-0.25, -0.2) is 0 Å². The predicted molar refractivity (Wildman–Crippen MR) is 111 cm³/mol. The molecule has 136 valence electrons. The van der Waals surface area contributed by atoms with Gasteiger partial charge in [-0.05, 0) is 48.5 Å². The number of carbonyl (C=O) groups is 1. The molecule has 0 saturated carbocycles. The quantitative estimate of drug-likeness (QED) is 0.684. The highest BCUT2D eigenvalue weighted by atomic mass is 79.9. The van der Waals surface area contributed by atoms with Gasteiger partial charge in [-0.3, -0.25) is 4.79 Å². The molecule has 0 radical (unpaired) electrons. The summed E-state index contributed by atoms with van der Waals surface area (Å²) in [6.45, 7) is 4.78. The first kappa shape index (κ1) is 19.1. The number of hydrogen-bond donors (Lipinski definition) is 1. The van der Waals surface area contributed by atoms with E-state index in [4.69, 9.17) is 22.7 Å². The highest BCUT2D eigenvalue weighted by Gasteiger charge is 2.18. The maximum absolute atomic E-state index is 10.9. The summed E-state index contributed by atoms with van der Waals surface area (Å²) in [5.41, 5.74) is 6.35. The van der Waals surface area contributed by atoms with E-state index in [1.54, 1.807) is 0 Å². The summed E-state index contributed by atoms with van der Waals surface area (Å²) in [6, 6.07) is 8.17. The molecule has 0 fully saturated rings. The second-order valence-electron chi connectivity index (χ2n) is 6.04. The van der Waals surface area contributed by atoms with Crippen molar-refractivity contribution < 1.29 is 9.53 Å². The molecule has 0 aliphatic carbocycles. The molecule has 7 heteroatoms. The molecule has 1 aliphatic rings. The Kier molecular flexibility index (Phi) is 6.11. The summed E-state index contributed by atoms with van der Waals surface area (Å²) in [7, 11) is 0. The van der Waals surface area contributed by atoms with Crippen LogP contribution in [-0.4, -0.2) is 10.5 Å². The maximum Gasteiger partial charge on any atom is 0.217 e. The minimum Gasteiger partial charge on any atom is -0.486 e. The van der Waals surface area contributed by atoms with Crippen molar-refractivity contribution in [1.82, 2.24) is 4.57 Å². The normalized spacial score (nSPS) is 17.2. The van der Waals surface area contributed by atoms with Gasteiger partial charge in [0.2, 0.25) is 5.91 Å². The summed E-state index contributed by atoms with van der Waals surface area (Å²) in [4.78, 5) is 10.9. The number of rotatable bonds is 6. The number of aromatic nitrogens is 1. The van der Waals surface area contributed by atoms with E-state index in [1.807, 2.05) is 22.8 Å². The first-order valence-corrected chi connectivity index (χ1v) is 10.3. The Bertz CT molecular complexity index is 1010. The van der Waals surface area contributed by atoms with E-state index in [1.165, 1.54) is 11.3 Å². The van der Waals surface area contributed by atoms with E-state index in [2.05, 4.69) is 40.7 Å². The topological polar surface area (TPSA) is 57.2 Å². The van der Waals surface area contributed by atoms with Crippen LogP contribution >= 0.6 is 39.5 Å². The van der Waals surface area contributed by atoms with Crippen molar-refractivity contribution >= 4 is 58.0 Å². The van der Waals surface area contributed by atoms with Crippen LogP contribution in [0.1, 0.15) is 30.9 Å². The second kappa shape index (κ2) is 8.33. The Balaban J connectivity index is 1.74. The van der Waals surface area contributed by atoms with Gasteiger partial charge in [0.25, 0.3) is 0 Å². The van der Waals surface area contributed by atoms with Crippen LogP contribution in [0.15, 0.2) is 40.6 Å². The van der Waals surface area contributed by atoms with Crippen molar-refractivity contribution in [2.24, 2.45) is 5.73 Å². The molecule has 0 spiro atoms. The number of amides is 1. The zero-order valence-corrected chi connectivity index (χ0v) is 17.3. The van der Waals surface area contributed by atoms with E-state index in [-0.39, 0.29) is 12.0 Å². The lowest BCUT2D eigenvalue weighted by Crippen LogP contribution is -2.27. The molecule has 26 heavy (non-hydrogen) atoms. The average molecular weight is 451 g/mol. The van der Waals surface area contributed by atoms with Gasteiger partial charge >= 0.3 is 0 Å². The van der Waals surface area contributed by atoms with Crippen molar-refractivity contribution in [3.63, 3.8) is 0 Å². The molecule has 1 aromatic heterocycles. The molecule has 1 unspecified atom stereocenters. The Morgan fingerprint density at radius 3 is 2.88 bits per heavy atom. The number of nitrogens with two attached hydrogens (primary N) is 1. The van der Waals surface area contributed by atoms with E-state index in [0.29, 0.717) is 19.4 Å². The third kappa shape index (κ3) is 4.52. The van der Waals surface area contributed by atoms with Crippen molar-refractivity contribution in [1.29, 1.82) is 0 Å². The van der Waals surface area contributed by atoms with Crippen LogP contribution in [0.3, 0.4) is 0 Å². The van der Waals surface area contributed by atoms with Crippen LogP contribution in [0.25, 0.3) is 12.7 Å². The standard InChI is InChI=1S/C19H19BrN2O2S2/c1-12-17(26-19(25)22(12)10-2-3-18(21)23)11-15-8-9-16(24-15)13-4-6-14(20)7-5-13/h4-8,11,16H,1-3,9-10H2,(H2,21,23)/b17-11+. The number of thiazole rings is 1. The number of ether oxygens (including phenoxy) is 1. The van der Waals surface area contributed by atoms with Gasteiger partial charge in [-0.15, -0.1) is 11.3 Å². The van der Waals surface area contributed by atoms with Gasteiger partial charge < -0.3 is 15.0 Å². The van der Waals surface area contributed by atoms with E-state index in [0.717, 1.165) is 36.1 Å². The molecular weight excluding hydrogens is 432 g/mol. The van der Waals surface area contributed by atoms with Gasteiger partial charge in [0.15, 0.2) is 3.95 Å². The van der Waals surface area contributed by atoms with Crippen molar-refractivity contribution in [3.05, 3.63) is 60.0 Å². The van der Waals surface area contributed by atoms with E-state index < -0.39 is 0 Å². The molecule has 1 aromatic carbocycles. The third-order valence-electron chi connectivity index (χ3n) is 4.16. The zero-order chi connectivity index (χ0) is 18.7. The van der Waals surface area contributed by atoms with Crippen LogP contribution in [0.4, 0.5) is 0 Å². The van der Waals surface area contributed by atoms with Crippen LogP contribution in [0, 0.1) is 3.95 Å². The fourth-order valence-corrected chi connectivity index (χ4v) is 4.43. The van der Waals surface area contributed by atoms with Gasteiger partial charge in [0.1, 0.15) is 11.9 Å². The SMILES string of the molecule is C=c1/c(=C\C2=CCC(c3ccc(Br)cc3)O2)sc(=S)n1CCCC(N)=O. The fourth-order valence-electron chi connectivity index (χ4n) is 2.79. The molecule has 0 bridgehead atoms. The highest BCUT2D eigenvalue weighted by Crippen LogP contribution is 2.32. The lowest BCUT2D eigenvalue weighted by Gasteiger charge is -2.12. The minimum absolute atomic E-state index is 0.0354. The zero-order valence-electron chi connectivity index (χ0n) is 14.1. The summed E-state index contributed by atoms with van der Waals surface area (Å²) >= 11 is 10.4. The number of hydrogen-bond acceptors (Lipinski definition) is 4. The number of benzene rings is 1. The molecule has 4 nitrogen and oxygen atoms in total. The molecule has 0 saturated heterocycles. The lowest BCUT2D eigenvalue weighted by atomic mass is 10.1. The molecule has 2 heterocycles. The largest absolute Gasteiger partial charge is 0.486 e. The van der Waals surface area contributed by atoms with Crippen LogP contribution in [0.5, 0.6) is 0 Å². The number of halogens is 1. The number of allylic oxidation sites excluding steroid dienone is 1. The Hall–Kier alpha value is -1.70. The number of carbonyl (C=O) groups excluding carboxylic acids is 1. The molecule has 2 N–H and O–H groups in total. The third-order valence-corrected chi connectivity index (χ3v) is 6.13. The van der Waals surface area contributed by atoms with Gasteiger partial charge in [-0.2, -0.15) is 0 Å². The lowest BCUT2D eigenvalue weighted by molar-refractivity contribution is -0.118. The van der Waals surface area contributed by atoms with Gasteiger partial charge in [0, 0.05) is 23.9 Å². The average Bonchev–Trinajstić information content (AvgIpc) is 3.15. The molecule has 1 atom stereocenters. The monoisotopic (exact) mass is 450 g/mol. The summed E-state index contributed by atoms with van der Waals surface area (Å²) in [6.07, 6.45) is 5.96. The van der Waals surface area contributed by atoms with Crippen molar-refractivity contribution in [2.45, 2.75) is 31.9 Å². The van der Waals surface area contributed by atoms with Crippen molar-refractivity contribution in [3.8, 4) is 0 Å². The fraction of sp³-hybridized carbons (Fsp3) is 0.263. The summed E-state index contributed by atoms with van der Waals surface area (Å²) < 4.78 is 10.8. The maximum atomic E-state index is 10.9.